The fourth-order valence-corrected chi connectivity index (χ4v) is 1.50. The largest absolute Gasteiger partial charge is 0.465 e. The van der Waals surface area contributed by atoms with Crippen molar-refractivity contribution in [1.82, 2.24) is 0 Å². The molecule has 0 bridgehead atoms. The van der Waals surface area contributed by atoms with Gasteiger partial charge in [-0.2, -0.15) is 0 Å². The molecule has 2 rings (SSSR count). The summed E-state index contributed by atoms with van der Waals surface area (Å²) in [4.78, 5) is 21.5. The second-order valence-corrected chi connectivity index (χ2v) is 3.88. The summed E-state index contributed by atoms with van der Waals surface area (Å²) in [6.07, 6.45) is 4.21. The molecule has 0 spiro atoms. The van der Waals surface area contributed by atoms with Crippen LogP contribution >= 0.6 is 0 Å². The number of nitro groups is 1. The van der Waals surface area contributed by atoms with Gasteiger partial charge in [0.15, 0.2) is 0 Å². The van der Waals surface area contributed by atoms with Crippen LogP contribution in [-0.4, -0.2) is 10.9 Å². The van der Waals surface area contributed by atoms with Crippen LogP contribution in [0.25, 0.3) is 6.08 Å². The maximum Gasteiger partial charge on any atom is 0.331 e. The van der Waals surface area contributed by atoms with Gasteiger partial charge in [0.1, 0.15) is 12.4 Å². The summed E-state index contributed by atoms with van der Waals surface area (Å²) in [5.41, 5.74) is 0.517. The fourth-order valence-electron chi connectivity index (χ4n) is 1.50. The third kappa shape index (κ3) is 3.81. The zero-order valence-electron chi connectivity index (χ0n) is 10.4. The van der Waals surface area contributed by atoms with E-state index >= 15 is 0 Å². The number of hydrogen-bond donors (Lipinski definition) is 0. The lowest BCUT2D eigenvalue weighted by Crippen LogP contribution is -2.01. The van der Waals surface area contributed by atoms with Crippen molar-refractivity contribution in [3.05, 3.63) is 70.2 Å². The lowest BCUT2D eigenvalue weighted by atomic mass is 10.2. The van der Waals surface area contributed by atoms with Gasteiger partial charge in [-0.05, 0) is 23.8 Å². The van der Waals surface area contributed by atoms with Crippen LogP contribution in [0.5, 0.6) is 0 Å². The average Bonchev–Trinajstić information content (AvgIpc) is 2.96. The standard InChI is InChI=1S/C14H11NO5/c16-14(7-6-13-5-2-8-19-13)20-10-11-3-1-4-12(9-11)15(17)18/h1-9H,10H2. The van der Waals surface area contributed by atoms with Crippen LogP contribution in [0.15, 0.2) is 53.2 Å². The Balaban J connectivity index is 1.90. The SMILES string of the molecule is O=C(C=Cc1ccco1)OCc1cccc([N+](=O)[O-])c1. The van der Waals surface area contributed by atoms with E-state index in [4.69, 9.17) is 9.15 Å². The average molecular weight is 273 g/mol. The van der Waals surface area contributed by atoms with Crippen molar-refractivity contribution in [3.8, 4) is 0 Å². The molecule has 0 aliphatic heterocycles. The molecule has 0 N–H and O–H groups in total. The Morgan fingerprint density at radius 2 is 2.20 bits per heavy atom. The number of furan rings is 1. The highest BCUT2D eigenvalue weighted by atomic mass is 16.6. The minimum atomic E-state index is -0.548. The Labute approximate surface area is 114 Å². The van der Waals surface area contributed by atoms with Crippen molar-refractivity contribution in [3.63, 3.8) is 0 Å². The van der Waals surface area contributed by atoms with Crippen molar-refractivity contribution in [1.29, 1.82) is 0 Å². The van der Waals surface area contributed by atoms with Crippen molar-refractivity contribution in [2.45, 2.75) is 6.61 Å². The maximum atomic E-state index is 11.4. The van der Waals surface area contributed by atoms with E-state index in [9.17, 15) is 14.9 Å². The third-order valence-electron chi connectivity index (χ3n) is 2.43. The molecule has 6 nitrogen and oxygen atoms in total. The molecule has 6 heteroatoms. The highest BCUT2D eigenvalue weighted by molar-refractivity contribution is 5.86. The van der Waals surface area contributed by atoms with Gasteiger partial charge in [-0.25, -0.2) is 4.79 Å². The van der Waals surface area contributed by atoms with Crippen LogP contribution in [-0.2, 0) is 16.1 Å². The minimum absolute atomic E-state index is 0.0248. The normalized spacial score (nSPS) is 10.6. The molecular formula is C14H11NO5. The summed E-state index contributed by atoms with van der Waals surface area (Å²) >= 11 is 0. The summed E-state index contributed by atoms with van der Waals surface area (Å²) in [6.45, 7) is -0.0248. The molecule has 0 atom stereocenters. The van der Waals surface area contributed by atoms with Gasteiger partial charge in [0.05, 0.1) is 11.2 Å². The van der Waals surface area contributed by atoms with E-state index in [1.54, 1.807) is 24.3 Å². The topological polar surface area (TPSA) is 82.6 Å². The number of nitro benzene ring substituents is 1. The van der Waals surface area contributed by atoms with E-state index in [0.29, 0.717) is 11.3 Å². The first-order valence-corrected chi connectivity index (χ1v) is 5.77. The Morgan fingerprint density at radius 3 is 2.90 bits per heavy atom. The minimum Gasteiger partial charge on any atom is -0.465 e. The van der Waals surface area contributed by atoms with Gasteiger partial charge in [-0.1, -0.05) is 12.1 Å². The molecule has 0 radical (unpaired) electrons. The predicted octanol–water partition coefficient (Wildman–Crippen LogP) is 2.94. The highest BCUT2D eigenvalue weighted by Crippen LogP contribution is 2.14. The van der Waals surface area contributed by atoms with Crippen LogP contribution < -0.4 is 0 Å². The number of nitrogens with zero attached hydrogens (tertiary/aromatic N) is 1. The summed E-state index contributed by atoms with van der Waals surface area (Å²) in [5.74, 6) is -0.00907. The third-order valence-corrected chi connectivity index (χ3v) is 2.43. The van der Waals surface area contributed by atoms with Gasteiger partial charge >= 0.3 is 5.97 Å². The number of esters is 1. The van der Waals surface area contributed by atoms with E-state index in [0.717, 1.165) is 0 Å². The second-order valence-electron chi connectivity index (χ2n) is 3.88. The molecule has 20 heavy (non-hydrogen) atoms. The Hall–Kier alpha value is -2.89. The number of carbonyl (C=O) groups excluding carboxylic acids is 1. The van der Waals surface area contributed by atoms with E-state index in [2.05, 4.69) is 0 Å². The molecule has 0 aliphatic carbocycles. The molecule has 0 unspecified atom stereocenters. The quantitative estimate of drug-likeness (QED) is 0.362. The summed E-state index contributed by atoms with van der Waals surface area (Å²) in [5, 5.41) is 10.6. The molecule has 0 saturated heterocycles. The van der Waals surface area contributed by atoms with Crippen molar-refractivity contribution in [2.75, 3.05) is 0 Å². The first-order valence-electron chi connectivity index (χ1n) is 5.77. The number of rotatable bonds is 5. The Bertz CT molecular complexity index is 631. The van der Waals surface area contributed by atoms with E-state index in [1.807, 2.05) is 0 Å². The number of ether oxygens (including phenoxy) is 1. The van der Waals surface area contributed by atoms with Crippen LogP contribution in [0.2, 0.25) is 0 Å². The van der Waals surface area contributed by atoms with Crippen LogP contribution in [0.4, 0.5) is 5.69 Å². The van der Waals surface area contributed by atoms with Gasteiger partial charge in [0.25, 0.3) is 5.69 Å². The van der Waals surface area contributed by atoms with E-state index in [-0.39, 0.29) is 12.3 Å². The lowest BCUT2D eigenvalue weighted by Gasteiger charge is -2.01. The summed E-state index contributed by atoms with van der Waals surface area (Å²) in [6, 6.07) is 9.33. The van der Waals surface area contributed by atoms with Crippen molar-refractivity contribution < 1.29 is 18.9 Å². The molecule has 2 aromatic rings. The zero-order valence-corrected chi connectivity index (χ0v) is 10.4. The number of benzene rings is 1. The Morgan fingerprint density at radius 1 is 1.35 bits per heavy atom. The van der Waals surface area contributed by atoms with Crippen molar-refractivity contribution in [2.24, 2.45) is 0 Å². The number of carbonyl (C=O) groups is 1. The first-order chi connectivity index (χ1) is 9.65. The summed E-state index contributed by atoms with van der Waals surface area (Å²) < 4.78 is 9.99. The molecule has 0 fully saturated rings. The van der Waals surface area contributed by atoms with Gasteiger partial charge in [-0.3, -0.25) is 10.1 Å². The molecular weight excluding hydrogens is 262 g/mol. The molecule has 0 saturated carbocycles. The van der Waals surface area contributed by atoms with E-state index in [1.165, 1.54) is 30.5 Å². The predicted molar refractivity (Wildman–Crippen MR) is 70.6 cm³/mol. The number of hydrogen-bond acceptors (Lipinski definition) is 5. The second kappa shape index (κ2) is 6.33. The first kappa shape index (κ1) is 13.5. The van der Waals surface area contributed by atoms with Crippen LogP contribution in [0.1, 0.15) is 11.3 Å². The van der Waals surface area contributed by atoms with Crippen molar-refractivity contribution >= 4 is 17.7 Å². The lowest BCUT2D eigenvalue weighted by molar-refractivity contribution is -0.384. The molecule has 0 aliphatic rings. The Kier molecular flexibility index (Phi) is 4.28. The molecule has 102 valence electrons. The van der Waals surface area contributed by atoms with Gasteiger partial charge in [-0.15, -0.1) is 0 Å². The highest BCUT2D eigenvalue weighted by Gasteiger charge is 2.06. The molecule has 1 heterocycles. The summed E-state index contributed by atoms with van der Waals surface area (Å²) in [7, 11) is 0. The van der Waals surface area contributed by atoms with Gasteiger partial charge in [0.2, 0.25) is 0 Å². The molecule has 1 aromatic carbocycles. The van der Waals surface area contributed by atoms with Crippen LogP contribution in [0, 0.1) is 10.1 Å². The number of non-ortho nitro benzene ring substituents is 1. The molecule has 0 amide bonds. The van der Waals surface area contributed by atoms with Crippen LogP contribution in [0.3, 0.4) is 0 Å². The van der Waals surface area contributed by atoms with Gasteiger partial charge < -0.3 is 9.15 Å². The van der Waals surface area contributed by atoms with Gasteiger partial charge in [0, 0.05) is 18.2 Å². The smallest absolute Gasteiger partial charge is 0.331 e. The maximum absolute atomic E-state index is 11.4. The zero-order chi connectivity index (χ0) is 14.4. The fraction of sp³-hybridized carbons (Fsp3) is 0.0714. The monoisotopic (exact) mass is 273 g/mol. The van der Waals surface area contributed by atoms with E-state index < -0.39 is 10.9 Å². The molecule has 1 aromatic heterocycles.